The zero-order valence-electron chi connectivity index (χ0n) is 15.0. The molecule has 0 aliphatic carbocycles. The number of aromatic nitrogens is 3. The minimum atomic E-state index is -0.629. The van der Waals surface area contributed by atoms with Crippen LogP contribution in [0.5, 0.6) is 0 Å². The van der Waals surface area contributed by atoms with Crippen molar-refractivity contribution in [3.05, 3.63) is 58.8 Å². The summed E-state index contributed by atoms with van der Waals surface area (Å²) in [6, 6.07) is 8.79. The van der Waals surface area contributed by atoms with Gasteiger partial charge in [0.15, 0.2) is 11.3 Å². The predicted octanol–water partition coefficient (Wildman–Crippen LogP) is 1.89. The Labute approximate surface area is 155 Å². The zero-order chi connectivity index (χ0) is 19.6. The number of amides is 2. The second-order valence-corrected chi connectivity index (χ2v) is 6.15. The zero-order valence-corrected chi connectivity index (χ0v) is 15.0. The van der Waals surface area contributed by atoms with E-state index in [2.05, 4.69) is 15.3 Å². The van der Waals surface area contributed by atoms with Crippen molar-refractivity contribution in [2.24, 2.45) is 5.73 Å². The smallest absolute Gasteiger partial charge is 0.271 e. The SMILES string of the molecule is Cc1nc2c(C(N)=O)ncn2c(C)c1CCC(=O)Nc1cccc(C#N)c1. The summed E-state index contributed by atoms with van der Waals surface area (Å²) < 4.78 is 1.71. The summed E-state index contributed by atoms with van der Waals surface area (Å²) in [5.74, 6) is -0.789. The molecule has 0 fully saturated rings. The second-order valence-electron chi connectivity index (χ2n) is 6.15. The molecule has 0 spiro atoms. The Hall–Kier alpha value is -3.73. The lowest BCUT2D eigenvalue weighted by molar-refractivity contribution is -0.116. The number of nitriles is 1. The van der Waals surface area contributed by atoms with Crippen molar-refractivity contribution in [2.45, 2.75) is 26.7 Å². The number of aryl methyl sites for hydroxylation is 2. The van der Waals surface area contributed by atoms with E-state index in [4.69, 9.17) is 11.0 Å². The number of benzene rings is 1. The molecule has 0 radical (unpaired) electrons. The van der Waals surface area contributed by atoms with E-state index in [1.807, 2.05) is 19.9 Å². The maximum atomic E-state index is 12.3. The van der Waals surface area contributed by atoms with E-state index in [9.17, 15) is 9.59 Å². The number of nitrogens with two attached hydrogens (primary N) is 1. The maximum absolute atomic E-state index is 12.3. The van der Waals surface area contributed by atoms with Gasteiger partial charge in [-0.15, -0.1) is 0 Å². The first-order valence-electron chi connectivity index (χ1n) is 8.33. The van der Waals surface area contributed by atoms with E-state index in [0.29, 0.717) is 23.3 Å². The molecule has 2 heterocycles. The van der Waals surface area contributed by atoms with Crippen molar-refractivity contribution in [1.29, 1.82) is 5.26 Å². The summed E-state index contributed by atoms with van der Waals surface area (Å²) in [6.45, 7) is 3.71. The fraction of sp³-hybridized carbons (Fsp3) is 0.211. The molecule has 27 heavy (non-hydrogen) atoms. The van der Waals surface area contributed by atoms with Gasteiger partial charge in [-0.25, -0.2) is 9.97 Å². The van der Waals surface area contributed by atoms with Crippen LogP contribution in [0.15, 0.2) is 30.6 Å². The van der Waals surface area contributed by atoms with Crippen molar-refractivity contribution >= 4 is 23.1 Å². The minimum Gasteiger partial charge on any atom is -0.364 e. The van der Waals surface area contributed by atoms with Gasteiger partial charge in [-0.1, -0.05) is 6.07 Å². The topological polar surface area (TPSA) is 126 Å². The average molecular weight is 362 g/mol. The highest BCUT2D eigenvalue weighted by molar-refractivity contribution is 5.96. The Morgan fingerprint density at radius 2 is 2.11 bits per heavy atom. The highest BCUT2D eigenvalue weighted by Gasteiger charge is 2.17. The van der Waals surface area contributed by atoms with Crippen molar-refractivity contribution in [3.8, 4) is 6.07 Å². The summed E-state index contributed by atoms with van der Waals surface area (Å²) in [7, 11) is 0. The molecular weight excluding hydrogens is 344 g/mol. The Morgan fingerprint density at radius 3 is 2.81 bits per heavy atom. The third-order valence-corrected chi connectivity index (χ3v) is 4.36. The molecule has 0 saturated carbocycles. The maximum Gasteiger partial charge on any atom is 0.271 e. The number of fused-ring (bicyclic) bond motifs is 1. The molecule has 3 N–H and O–H groups in total. The van der Waals surface area contributed by atoms with E-state index in [-0.39, 0.29) is 18.0 Å². The van der Waals surface area contributed by atoms with Crippen LogP contribution >= 0.6 is 0 Å². The van der Waals surface area contributed by atoms with Gasteiger partial charge in [0.25, 0.3) is 5.91 Å². The van der Waals surface area contributed by atoms with Gasteiger partial charge < -0.3 is 11.1 Å². The van der Waals surface area contributed by atoms with Gasteiger partial charge in [0.05, 0.1) is 11.6 Å². The molecule has 2 amide bonds. The summed E-state index contributed by atoms with van der Waals surface area (Å²) in [5.41, 5.74) is 9.44. The van der Waals surface area contributed by atoms with E-state index < -0.39 is 5.91 Å². The summed E-state index contributed by atoms with van der Waals surface area (Å²) in [6.07, 6.45) is 2.24. The third kappa shape index (κ3) is 3.62. The Bertz CT molecular complexity index is 1090. The van der Waals surface area contributed by atoms with Gasteiger partial charge in [-0.3, -0.25) is 14.0 Å². The van der Waals surface area contributed by atoms with Gasteiger partial charge in [0.1, 0.15) is 6.33 Å². The summed E-state index contributed by atoms with van der Waals surface area (Å²) in [5, 5.41) is 11.7. The number of nitrogens with zero attached hydrogens (tertiary/aromatic N) is 4. The van der Waals surface area contributed by atoms with Crippen LogP contribution in [0.3, 0.4) is 0 Å². The monoisotopic (exact) mass is 362 g/mol. The van der Waals surface area contributed by atoms with Crippen LogP contribution in [0.1, 0.15) is 39.4 Å². The number of carbonyl (C=O) groups excluding carboxylic acids is 2. The van der Waals surface area contributed by atoms with Gasteiger partial charge in [0.2, 0.25) is 5.91 Å². The normalized spacial score (nSPS) is 10.6. The highest BCUT2D eigenvalue weighted by Crippen LogP contribution is 2.19. The van der Waals surface area contributed by atoms with Crippen molar-refractivity contribution in [3.63, 3.8) is 0 Å². The molecule has 0 saturated heterocycles. The molecule has 8 heteroatoms. The molecule has 0 aliphatic heterocycles. The van der Waals surface area contributed by atoms with Gasteiger partial charge in [0, 0.05) is 23.5 Å². The van der Waals surface area contributed by atoms with Crippen LogP contribution < -0.4 is 11.1 Å². The molecule has 136 valence electrons. The molecule has 0 aliphatic rings. The molecule has 8 nitrogen and oxygen atoms in total. The number of hydrogen-bond donors (Lipinski definition) is 2. The highest BCUT2D eigenvalue weighted by atomic mass is 16.2. The average Bonchev–Trinajstić information content (AvgIpc) is 3.05. The minimum absolute atomic E-state index is 0.128. The van der Waals surface area contributed by atoms with Crippen molar-refractivity contribution in [1.82, 2.24) is 14.4 Å². The predicted molar refractivity (Wildman–Crippen MR) is 99.1 cm³/mol. The number of imidazole rings is 1. The van der Waals surface area contributed by atoms with Crippen molar-refractivity contribution in [2.75, 3.05) is 5.32 Å². The fourth-order valence-electron chi connectivity index (χ4n) is 2.99. The molecule has 0 atom stereocenters. The summed E-state index contributed by atoms with van der Waals surface area (Å²) in [4.78, 5) is 32.2. The van der Waals surface area contributed by atoms with Crippen molar-refractivity contribution < 1.29 is 9.59 Å². The van der Waals surface area contributed by atoms with E-state index in [1.165, 1.54) is 6.33 Å². The van der Waals surface area contributed by atoms with E-state index in [0.717, 1.165) is 17.0 Å². The lowest BCUT2D eigenvalue weighted by atomic mass is 10.1. The molecule has 0 unspecified atom stereocenters. The van der Waals surface area contributed by atoms with E-state index in [1.54, 1.807) is 28.7 Å². The van der Waals surface area contributed by atoms with Crippen LogP contribution in [0.25, 0.3) is 5.65 Å². The fourth-order valence-corrected chi connectivity index (χ4v) is 2.99. The standard InChI is InChI=1S/C19H18N6O2/c1-11-15(12(2)25-10-22-17(18(21)27)19(25)23-11)6-7-16(26)24-14-5-3-4-13(8-14)9-20/h3-5,8,10H,6-7H2,1-2H3,(H2,21,27)(H,24,26). The molecular formula is C19H18N6O2. The Balaban J connectivity index is 1.77. The first-order chi connectivity index (χ1) is 12.9. The molecule has 2 aromatic heterocycles. The van der Waals surface area contributed by atoms with E-state index >= 15 is 0 Å². The second kappa shape index (κ2) is 7.25. The van der Waals surface area contributed by atoms with Crippen LogP contribution in [0.2, 0.25) is 0 Å². The Kier molecular flexibility index (Phi) is 4.86. The molecule has 1 aromatic carbocycles. The number of carbonyl (C=O) groups is 2. The number of primary amides is 1. The van der Waals surface area contributed by atoms with Gasteiger partial charge in [-0.2, -0.15) is 5.26 Å². The van der Waals surface area contributed by atoms with Crippen LogP contribution in [0, 0.1) is 25.2 Å². The summed E-state index contributed by atoms with van der Waals surface area (Å²) >= 11 is 0. The largest absolute Gasteiger partial charge is 0.364 e. The Morgan fingerprint density at radius 1 is 1.33 bits per heavy atom. The lowest BCUT2D eigenvalue weighted by Crippen LogP contribution is -2.15. The first kappa shape index (κ1) is 18.1. The first-order valence-corrected chi connectivity index (χ1v) is 8.33. The molecule has 3 aromatic rings. The number of anilines is 1. The van der Waals surface area contributed by atoms with Crippen LogP contribution in [-0.2, 0) is 11.2 Å². The number of hydrogen-bond acceptors (Lipinski definition) is 5. The lowest BCUT2D eigenvalue weighted by Gasteiger charge is -2.12. The van der Waals surface area contributed by atoms with Gasteiger partial charge in [-0.05, 0) is 44.0 Å². The molecule has 3 rings (SSSR count). The molecule has 0 bridgehead atoms. The third-order valence-electron chi connectivity index (χ3n) is 4.36. The number of rotatable bonds is 5. The van der Waals surface area contributed by atoms with Crippen LogP contribution in [-0.4, -0.2) is 26.2 Å². The van der Waals surface area contributed by atoms with Gasteiger partial charge >= 0.3 is 0 Å². The van der Waals surface area contributed by atoms with Crippen LogP contribution in [0.4, 0.5) is 5.69 Å². The number of nitrogens with one attached hydrogen (secondary N) is 1. The quantitative estimate of drug-likeness (QED) is 0.716.